The van der Waals surface area contributed by atoms with Crippen LogP contribution in [-0.4, -0.2) is 4.98 Å². The third-order valence-corrected chi connectivity index (χ3v) is 4.84. The van der Waals surface area contributed by atoms with Gasteiger partial charge in [0.05, 0.1) is 16.6 Å². The Hall–Kier alpha value is -2.66. The Morgan fingerprint density at radius 3 is 2.70 bits per heavy atom. The summed E-state index contributed by atoms with van der Waals surface area (Å²) in [6.45, 7) is 6.16. The van der Waals surface area contributed by atoms with E-state index in [1.165, 1.54) is 35.6 Å². The first-order chi connectivity index (χ1) is 11.3. The minimum atomic E-state index is 0.590. The number of hydrogen-bond donors (Lipinski definition) is 0. The molecular weight excluding hydrogens is 280 g/mol. The van der Waals surface area contributed by atoms with E-state index in [0.717, 1.165) is 28.5 Å². The van der Waals surface area contributed by atoms with Crippen LogP contribution in [0, 0.1) is 11.3 Å². The van der Waals surface area contributed by atoms with Gasteiger partial charge in [-0.25, -0.2) is 4.98 Å². The molecule has 2 aromatic rings. The van der Waals surface area contributed by atoms with Crippen molar-refractivity contribution >= 4 is 28.1 Å². The summed E-state index contributed by atoms with van der Waals surface area (Å²) in [5, 5.41) is 14.9. The number of rotatable bonds is 4. The highest BCUT2D eigenvalue weighted by Crippen LogP contribution is 2.43. The molecule has 0 radical (unpaired) electrons. The SMILES string of the molecule is C=c1nc2c3cccc4c(CCCCC)ccc(c-2c1C#N)c43. The zero-order valence-electron chi connectivity index (χ0n) is 13.3. The summed E-state index contributed by atoms with van der Waals surface area (Å²) in [5.74, 6) is 0. The molecular formula is C21H18N2. The maximum atomic E-state index is 9.47. The van der Waals surface area contributed by atoms with E-state index in [1.807, 2.05) is 0 Å². The van der Waals surface area contributed by atoms with E-state index < -0.39 is 0 Å². The summed E-state index contributed by atoms with van der Waals surface area (Å²) in [6, 6.07) is 13.1. The Labute approximate surface area is 135 Å². The van der Waals surface area contributed by atoms with Crippen molar-refractivity contribution in [2.24, 2.45) is 0 Å². The maximum absolute atomic E-state index is 9.47. The molecule has 0 saturated carbocycles. The van der Waals surface area contributed by atoms with Crippen molar-refractivity contribution in [3.8, 4) is 17.3 Å². The zero-order valence-corrected chi connectivity index (χ0v) is 13.3. The molecule has 2 nitrogen and oxygen atoms in total. The van der Waals surface area contributed by atoms with Crippen LogP contribution >= 0.6 is 0 Å². The monoisotopic (exact) mass is 298 g/mol. The highest BCUT2D eigenvalue weighted by Gasteiger charge is 2.24. The van der Waals surface area contributed by atoms with Crippen LogP contribution in [0.4, 0.5) is 0 Å². The van der Waals surface area contributed by atoms with E-state index in [0.29, 0.717) is 10.9 Å². The second kappa shape index (κ2) is 5.21. The van der Waals surface area contributed by atoms with Crippen LogP contribution in [0.5, 0.6) is 0 Å². The number of nitrogens with zero attached hydrogens (tertiary/aromatic N) is 2. The number of unbranched alkanes of at least 4 members (excludes halogenated alkanes) is 2. The molecule has 2 aromatic carbocycles. The van der Waals surface area contributed by atoms with Crippen LogP contribution in [0.15, 0.2) is 30.3 Å². The number of fused-ring (bicyclic) bond motifs is 3. The fourth-order valence-corrected chi connectivity index (χ4v) is 3.74. The quantitative estimate of drug-likeness (QED) is 0.514. The van der Waals surface area contributed by atoms with Crippen LogP contribution in [0.1, 0.15) is 37.3 Å². The van der Waals surface area contributed by atoms with Crippen molar-refractivity contribution < 1.29 is 0 Å². The van der Waals surface area contributed by atoms with Gasteiger partial charge in [-0.2, -0.15) is 5.26 Å². The molecule has 0 bridgehead atoms. The van der Waals surface area contributed by atoms with E-state index in [9.17, 15) is 5.26 Å². The Bertz CT molecular complexity index is 1060. The van der Waals surface area contributed by atoms with Gasteiger partial charge >= 0.3 is 0 Å². The number of aryl methyl sites for hydroxylation is 1. The average Bonchev–Trinajstić information content (AvgIpc) is 3.05. The molecule has 0 N–H and O–H groups in total. The number of aromatic nitrogens is 1. The summed E-state index contributed by atoms with van der Waals surface area (Å²) >= 11 is 0. The van der Waals surface area contributed by atoms with Gasteiger partial charge in [0.2, 0.25) is 0 Å². The number of hydrogen-bond acceptors (Lipinski definition) is 2. The van der Waals surface area contributed by atoms with E-state index in [2.05, 4.69) is 54.9 Å². The molecule has 0 spiro atoms. The molecule has 112 valence electrons. The highest BCUT2D eigenvalue weighted by atomic mass is 14.7. The molecule has 4 rings (SSSR count). The standard InChI is InChI=1S/C21H18N2/c1-3-4-5-7-14-10-11-16-19-15(14)8-6-9-17(19)21-20(16)18(12-22)13(2)23-21/h6,8-11H,2-5,7H2,1H3. The van der Waals surface area contributed by atoms with Crippen LogP contribution < -0.4 is 5.35 Å². The first-order valence-electron chi connectivity index (χ1n) is 8.24. The van der Waals surface area contributed by atoms with Gasteiger partial charge in [0.25, 0.3) is 0 Å². The van der Waals surface area contributed by atoms with Crippen LogP contribution in [-0.2, 0) is 6.42 Å². The van der Waals surface area contributed by atoms with E-state index in [-0.39, 0.29) is 0 Å². The average molecular weight is 298 g/mol. The van der Waals surface area contributed by atoms with Gasteiger partial charge in [-0.1, -0.05) is 56.7 Å². The lowest BCUT2D eigenvalue weighted by Crippen LogP contribution is -2.00. The van der Waals surface area contributed by atoms with Crippen molar-refractivity contribution in [2.75, 3.05) is 0 Å². The molecule has 1 aliphatic carbocycles. The lowest BCUT2D eigenvalue weighted by Gasteiger charge is -2.07. The second-order valence-corrected chi connectivity index (χ2v) is 6.23. The molecule has 1 heterocycles. The van der Waals surface area contributed by atoms with Crippen molar-refractivity contribution in [3.63, 3.8) is 0 Å². The fraction of sp³-hybridized carbons (Fsp3) is 0.238. The lowest BCUT2D eigenvalue weighted by molar-refractivity contribution is 0.720. The van der Waals surface area contributed by atoms with Crippen molar-refractivity contribution in [3.05, 3.63) is 46.8 Å². The molecule has 0 saturated heterocycles. The smallest absolute Gasteiger partial charge is 0.102 e. The molecule has 2 heteroatoms. The van der Waals surface area contributed by atoms with Gasteiger partial charge < -0.3 is 0 Å². The summed E-state index contributed by atoms with van der Waals surface area (Å²) in [7, 11) is 0. The second-order valence-electron chi connectivity index (χ2n) is 6.23. The molecule has 0 unspecified atom stereocenters. The molecule has 2 aliphatic rings. The zero-order chi connectivity index (χ0) is 16.0. The Morgan fingerprint density at radius 1 is 1.09 bits per heavy atom. The minimum Gasteiger partial charge on any atom is -0.247 e. The third-order valence-electron chi connectivity index (χ3n) is 4.84. The summed E-state index contributed by atoms with van der Waals surface area (Å²) in [4.78, 5) is 4.57. The van der Waals surface area contributed by atoms with Gasteiger partial charge in [0.15, 0.2) is 0 Å². The predicted octanol–water partition coefficient (Wildman–Crippen LogP) is 4.66. The van der Waals surface area contributed by atoms with Crippen molar-refractivity contribution in [2.45, 2.75) is 32.6 Å². The van der Waals surface area contributed by atoms with Crippen LogP contribution in [0.25, 0.3) is 39.4 Å². The molecule has 1 aliphatic heterocycles. The lowest BCUT2D eigenvalue weighted by atomic mass is 9.97. The van der Waals surface area contributed by atoms with Gasteiger partial charge in [-0.05, 0) is 34.6 Å². The van der Waals surface area contributed by atoms with Gasteiger partial charge in [0, 0.05) is 10.9 Å². The summed E-state index contributed by atoms with van der Waals surface area (Å²) < 4.78 is 0. The highest BCUT2D eigenvalue weighted by molar-refractivity contribution is 6.24. The molecule has 0 aromatic heterocycles. The van der Waals surface area contributed by atoms with Crippen molar-refractivity contribution in [1.29, 1.82) is 5.26 Å². The Kier molecular flexibility index (Phi) is 3.16. The van der Waals surface area contributed by atoms with Gasteiger partial charge in [-0.15, -0.1) is 0 Å². The minimum absolute atomic E-state index is 0.590. The number of nitriles is 1. The Balaban J connectivity index is 2.04. The van der Waals surface area contributed by atoms with E-state index in [4.69, 9.17) is 0 Å². The molecule has 23 heavy (non-hydrogen) atoms. The van der Waals surface area contributed by atoms with Crippen LogP contribution in [0.2, 0.25) is 0 Å². The van der Waals surface area contributed by atoms with Gasteiger partial charge in [0.1, 0.15) is 6.07 Å². The first-order valence-corrected chi connectivity index (χ1v) is 8.24. The topological polar surface area (TPSA) is 36.7 Å². The number of benzene rings is 2. The van der Waals surface area contributed by atoms with E-state index >= 15 is 0 Å². The fourth-order valence-electron chi connectivity index (χ4n) is 3.74. The summed E-state index contributed by atoms with van der Waals surface area (Å²) in [5.41, 5.74) is 3.93. The predicted molar refractivity (Wildman–Crippen MR) is 95.7 cm³/mol. The maximum Gasteiger partial charge on any atom is 0.102 e. The van der Waals surface area contributed by atoms with Crippen molar-refractivity contribution in [1.82, 2.24) is 4.98 Å². The first kappa shape index (κ1) is 14.0. The molecule has 0 atom stereocenters. The molecule has 0 fully saturated rings. The summed E-state index contributed by atoms with van der Waals surface area (Å²) in [6.07, 6.45) is 4.83. The van der Waals surface area contributed by atoms with Gasteiger partial charge in [-0.3, -0.25) is 0 Å². The van der Waals surface area contributed by atoms with E-state index in [1.54, 1.807) is 0 Å². The largest absolute Gasteiger partial charge is 0.247 e. The Morgan fingerprint density at radius 2 is 1.91 bits per heavy atom. The normalized spacial score (nSPS) is 11.7. The van der Waals surface area contributed by atoms with Crippen LogP contribution in [0.3, 0.4) is 0 Å². The third kappa shape index (κ3) is 1.90. The molecule has 0 amide bonds.